The lowest BCUT2D eigenvalue weighted by molar-refractivity contribution is -0.0467. The van der Waals surface area contributed by atoms with Crippen molar-refractivity contribution >= 4 is 0 Å². The second-order valence-corrected chi connectivity index (χ2v) is 3.60. The topological polar surface area (TPSA) is 9.23 Å². The van der Waals surface area contributed by atoms with E-state index in [0.717, 1.165) is 12.5 Å². The monoisotopic (exact) mass is 200 g/mol. The van der Waals surface area contributed by atoms with Crippen LogP contribution in [0.25, 0.3) is 0 Å². The SMILES string of the molecule is C1CCC2OCCCC2C1.CC.CC. The van der Waals surface area contributed by atoms with Gasteiger partial charge in [-0.1, -0.05) is 40.5 Å². The van der Waals surface area contributed by atoms with Crippen molar-refractivity contribution in [3.8, 4) is 0 Å². The first-order valence-electron chi connectivity index (χ1n) is 6.58. The molecule has 0 aromatic rings. The molecule has 2 aliphatic rings. The molecule has 1 nitrogen and oxygen atoms in total. The zero-order chi connectivity index (χ0) is 10.8. The number of hydrogen-bond donors (Lipinski definition) is 0. The molecular weight excluding hydrogens is 172 g/mol. The lowest BCUT2D eigenvalue weighted by atomic mass is 9.82. The van der Waals surface area contributed by atoms with Crippen LogP contribution in [0.3, 0.4) is 0 Å². The predicted molar refractivity (Wildman–Crippen MR) is 63.6 cm³/mol. The van der Waals surface area contributed by atoms with E-state index in [2.05, 4.69) is 0 Å². The molecule has 1 aliphatic heterocycles. The lowest BCUT2D eigenvalue weighted by Gasteiger charge is -2.35. The van der Waals surface area contributed by atoms with Gasteiger partial charge in [-0.15, -0.1) is 0 Å². The Morgan fingerprint density at radius 2 is 1.36 bits per heavy atom. The van der Waals surface area contributed by atoms with Crippen LogP contribution in [0.2, 0.25) is 0 Å². The Kier molecular flexibility index (Phi) is 9.49. The highest BCUT2D eigenvalue weighted by Crippen LogP contribution is 2.33. The van der Waals surface area contributed by atoms with E-state index in [0.29, 0.717) is 6.10 Å². The molecule has 0 N–H and O–H groups in total. The van der Waals surface area contributed by atoms with Gasteiger partial charge >= 0.3 is 0 Å². The normalized spacial score (nSPS) is 30.0. The van der Waals surface area contributed by atoms with E-state index in [1.165, 1.54) is 38.5 Å². The molecule has 14 heavy (non-hydrogen) atoms. The van der Waals surface area contributed by atoms with E-state index in [-0.39, 0.29) is 0 Å². The van der Waals surface area contributed by atoms with Gasteiger partial charge < -0.3 is 4.74 Å². The highest BCUT2D eigenvalue weighted by molar-refractivity contribution is 4.78. The van der Waals surface area contributed by atoms with Crippen molar-refractivity contribution in [2.75, 3.05) is 6.61 Å². The van der Waals surface area contributed by atoms with Gasteiger partial charge in [-0.3, -0.25) is 0 Å². The van der Waals surface area contributed by atoms with Crippen LogP contribution < -0.4 is 0 Å². The van der Waals surface area contributed by atoms with Gasteiger partial charge in [-0.05, 0) is 31.6 Å². The third kappa shape index (κ3) is 4.45. The van der Waals surface area contributed by atoms with E-state index < -0.39 is 0 Å². The minimum Gasteiger partial charge on any atom is -0.378 e. The summed E-state index contributed by atoms with van der Waals surface area (Å²) in [7, 11) is 0. The van der Waals surface area contributed by atoms with Gasteiger partial charge in [0.15, 0.2) is 0 Å². The molecule has 86 valence electrons. The van der Waals surface area contributed by atoms with Crippen molar-refractivity contribution in [1.82, 2.24) is 0 Å². The van der Waals surface area contributed by atoms with E-state index in [1.807, 2.05) is 27.7 Å². The summed E-state index contributed by atoms with van der Waals surface area (Å²) in [5, 5.41) is 0. The first-order chi connectivity index (χ1) is 6.97. The number of ether oxygens (including phenoxy) is 1. The predicted octanol–water partition coefficient (Wildman–Crippen LogP) is 4.41. The molecule has 1 saturated heterocycles. The highest BCUT2D eigenvalue weighted by atomic mass is 16.5. The molecular formula is C13H28O. The Balaban J connectivity index is 0.000000379. The van der Waals surface area contributed by atoms with E-state index in [4.69, 9.17) is 4.74 Å². The number of fused-ring (bicyclic) bond motifs is 1. The third-order valence-electron chi connectivity index (χ3n) is 2.89. The van der Waals surface area contributed by atoms with Gasteiger partial charge in [0.2, 0.25) is 0 Å². The van der Waals surface area contributed by atoms with Crippen LogP contribution >= 0.6 is 0 Å². The number of hydrogen-bond acceptors (Lipinski definition) is 1. The number of rotatable bonds is 0. The molecule has 0 aromatic carbocycles. The van der Waals surface area contributed by atoms with Crippen molar-refractivity contribution in [3.63, 3.8) is 0 Å². The second-order valence-electron chi connectivity index (χ2n) is 3.60. The summed E-state index contributed by atoms with van der Waals surface area (Å²) in [5.41, 5.74) is 0. The van der Waals surface area contributed by atoms with Crippen molar-refractivity contribution in [1.29, 1.82) is 0 Å². The molecule has 0 amide bonds. The molecule has 1 aliphatic carbocycles. The van der Waals surface area contributed by atoms with Crippen molar-refractivity contribution in [2.24, 2.45) is 5.92 Å². The average Bonchev–Trinajstić information content (AvgIpc) is 2.34. The Morgan fingerprint density at radius 1 is 0.786 bits per heavy atom. The smallest absolute Gasteiger partial charge is 0.0603 e. The fourth-order valence-electron chi connectivity index (χ4n) is 2.30. The zero-order valence-corrected chi connectivity index (χ0v) is 10.5. The summed E-state index contributed by atoms with van der Waals surface area (Å²) in [5.74, 6) is 0.933. The van der Waals surface area contributed by atoms with Crippen LogP contribution in [0.5, 0.6) is 0 Å². The summed E-state index contributed by atoms with van der Waals surface area (Å²) in [6.45, 7) is 9.03. The Hall–Kier alpha value is -0.0400. The zero-order valence-electron chi connectivity index (χ0n) is 10.5. The van der Waals surface area contributed by atoms with Gasteiger partial charge in [-0.25, -0.2) is 0 Å². The summed E-state index contributed by atoms with van der Waals surface area (Å²) >= 11 is 0. The first-order valence-corrected chi connectivity index (χ1v) is 6.58. The van der Waals surface area contributed by atoms with Gasteiger partial charge in [-0.2, -0.15) is 0 Å². The molecule has 0 spiro atoms. The fourth-order valence-corrected chi connectivity index (χ4v) is 2.30. The van der Waals surface area contributed by atoms with Crippen LogP contribution in [-0.4, -0.2) is 12.7 Å². The molecule has 1 heterocycles. The standard InChI is InChI=1S/C9H16O.2C2H6/c1-2-6-9-8(4-1)5-3-7-10-9;2*1-2/h8-9H,1-7H2;2*1-2H3. The molecule has 1 heteroatoms. The van der Waals surface area contributed by atoms with Gasteiger partial charge in [0.05, 0.1) is 6.10 Å². The summed E-state index contributed by atoms with van der Waals surface area (Å²) in [6, 6.07) is 0. The van der Waals surface area contributed by atoms with Crippen LogP contribution in [0.1, 0.15) is 66.2 Å². The van der Waals surface area contributed by atoms with Crippen molar-refractivity contribution < 1.29 is 4.74 Å². The largest absolute Gasteiger partial charge is 0.378 e. The first kappa shape index (κ1) is 14.0. The molecule has 2 atom stereocenters. The van der Waals surface area contributed by atoms with E-state index >= 15 is 0 Å². The Morgan fingerprint density at radius 3 is 2.00 bits per heavy atom. The molecule has 1 saturated carbocycles. The van der Waals surface area contributed by atoms with Gasteiger partial charge in [0.25, 0.3) is 0 Å². The van der Waals surface area contributed by atoms with Crippen molar-refractivity contribution in [3.05, 3.63) is 0 Å². The van der Waals surface area contributed by atoms with E-state index in [9.17, 15) is 0 Å². The van der Waals surface area contributed by atoms with Gasteiger partial charge in [0.1, 0.15) is 0 Å². The van der Waals surface area contributed by atoms with Crippen LogP contribution in [0.15, 0.2) is 0 Å². The quantitative estimate of drug-likeness (QED) is 0.563. The maximum atomic E-state index is 5.68. The molecule has 2 fully saturated rings. The van der Waals surface area contributed by atoms with Crippen LogP contribution in [0.4, 0.5) is 0 Å². The fraction of sp³-hybridized carbons (Fsp3) is 1.00. The van der Waals surface area contributed by atoms with Crippen LogP contribution in [-0.2, 0) is 4.74 Å². The minimum absolute atomic E-state index is 0.655. The van der Waals surface area contributed by atoms with E-state index in [1.54, 1.807) is 0 Å². The molecule has 0 bridgehead atoms. The molecule has 2 unspecified atom stereocenters. The summed E-state index contributed by atoms with van der Waals surface area (Å²) < 4.78 is 5.68. The highest BCUT2D eigenvalue weighted by Gasteiger charge is 2.27. The average molecular weight is 200 g/mol. The summed E-state index contributed by atoms with van der Waals surface area (Å²) in [4.78, 5) is 0. The Bertz CT molecular complexity index is 85.8. The van der Waals surface area contributed by atoms with Crippen molar-refractivity contribution in [2.45, 2.75) is 72.3 Å². The van der Waals surface area contributed by atoms with Gasteiger partial charge in [0, 0.05) is 6.61 Å². The molecule has 0 aromatic heterocycles. The lowest BCUT2D eigenvalue weighted by Crippen LogP contribution is -2.31. The maximum Gasteiger partial charge on any atom is 0.0603 e. The second kappa shape index (κ2) is 9.51. The van der Waals surface area contributed by atoms with Crippen LogP contribution in [0, 0.1) is 5.92 Å². The maximum absolute atomic E-state index is 5.68. The molecule has 2 rings (SSSR count). The Labute approximate surface area is 90.2 Å². The molecule has 0 radical (unpaired) electrons. The summed E-state index contributed by atoms with van der Waals surface area (Å²) in [6.07, 6.45) is 9.02. The third-order valence-corrected chi connectivity index (χ3v) is 2.89. The minimum atomic E-state index is 0.655.